The summed E-state index contributed by atoms with van der Waals surface area (Å²) < 4.78 is 62.7. The molecular formula is C12H17F3N2O2S. The van der Waals surface area contributed by atoms with Crippen LogP contribution in [0.3, 0.4) is 0 Å². The number of alkyl halides is 3. The number of sulfonamides is 1. The Labute approximate surface area is 116 Å². The van der Waals surface area contributed by atoms with E-state index in [-0.39, 0.29) is 23.5 Å². The molecule has 20 heavy (non-hydrogen) atoms. The van der Waals surface area contributed by atoms with Crippen LogP contribution in [0.25, 0.3) is 0 Å². The summed E-state index contributed by atoms with van der Waals surface area (Å²) in [4.78, 5) is -0.185. The van der Waals surface area contributed by atoms with Gasteiger partial charge in [-0.2, -0.15) is 17.5 Å². The largest absolute Gasteiger partial charge is 0.402 e. The third kappa shape index (κ3) is 4.11. The van der Waals surface area contributed by atoms with E-state index >= 15 is 0 Å². The minimum Gasteiger partial charge on any atom is -0.399 e. The lowest BCUT2D eigenvalue weighted by molar-refractivity contribution is -0.136. The topological polar surface area (TPSA) is 63.4 Å². The lowest BCUT2D eigenvalue weighted by atomic mass is 10.2. The number of aryl methyl sites for hydroxylation is 1. The quantitative estimate of drug-likeness (QED) is 0.850. The lowest BCUT2D eigenvalue weighted by Crippen LogP contribution is -2.39. The zero-order valence-corrected chi connectivity index (χ0v) is 12.1. The van der Waals surface area contributed by atoms with E-state index in [4.69, 9.17) is 5.73 Å². The number of benzene rings is 1. The van der Waals surface area contributed by atoms with Crippen molar-refractivity contribution in [3.05, 3.63) is 23.8 Å². The molecule has 1 rings (SSSR count). The molecule has 0 spiro atoms. The molecule has 0 aromatic heterocycles. The Morgan fingerprint density at radius 1 is 1.30 bits per heavy atom. The number of nitrogen functional groups attached to an aromatic ring is 1. The first-order valence-corrected chi connectivity index (χ1v) is 7.45. The van der Waals surface area contributed by atoms with Gasteiger partial charge in [-0.25, -0.2) is 8.42 Å². The molecule has 0 saturated carbocycles. The molecule has 1 aromatic rings. The fourth-order valence-electron chi connectivity index (χ4n) is 1.77. The fraction of sp³-hybridized carbons (Fsp3) is 0.500. The van der Waals surface area contributed by atoms with Crippen molar-refractivity contribution in [3.8, 4) is 0 Å². The van der Waals surface area contributed by atoms with Crippen molar-refractivity contribution in [1.29, 1.82) is 0 Å². The van der Waals surface area contributed by atoms with Crippen molar-refractivity contribution >= 4 is 15.7 Å². The standard InChI is InChI=1S/C12H17F3N2O2S/c1-3-6-17(8-12(13,14)15)20(18,19)11-7-10(16)5-4-9(11)2/h4-5,7H,3,6,8,16H2,1-2H3. The van der Waals surface area contributed by atoms with Crippen LogP contribution in [-0.4, -0.2) is 32.0 Å². The van der Waals surface area contributed by atoms with E-state index in [0.29, 0.717) is 9.87 Å². The van der Waals surface area contributed by atoms with Gasteiger partial charge in [0.15, 0.2) is 0 Å². The Morgan fingerprint density at radius 3 is 2.40 bits per heavy atom. The highest BCUT2D eigenvalue weighted by Gasteiger charge is 2.37. The predicted molar refractivity (Wildman–Crippen MR) is 70.7 cm³/mol. The summed E-state index contributed by atoms with van der Waals surface area (Å²) in [6.07, 6.45) is -4.30. The molecule has 0 unspecified atom stereocenters. The SMILES string of the molecule is CCCN(CC(F)(F)F)S(=O)(=O)c1cc(N)ccc1C. The Hall–Kier alpha value is -1.28. The van der Waals surface area contributed by atoms with Crippen molar-refractivity contribution in [2.45, 2.75) is 31.3 Å². The molecule has 2 N–H and O–H groups in total. The second-order valence-electron chi connectivity index (χ2n) is 4.48. The molecule has 0 fully saturated rings. The molecule has 0 heterocycles. The van der Waals surface area contributed by atoms with Crippen molar-refractivity contribution in [3.63, 3.8) is 0 Å². The van der Waals surface area contributed by atoms with Crippen LogP contribution in [0.1, 0.15) is 18.9 Å². The van der Waals surface area contributed by atoms with Gasteiger partial charge in [-0.15, -0.1) is 0 Å². The van der Waals surface area contributed by atoms with Crippen molar-refractivity contribution in [2.75, 3.05) is 18.8 Å². The number of rotatable bonds is 5. The van der Waals surface area contributed by atoms with E-state index < -0.39 is 22.7 Å². The van der Waals surface area contributed by atoms with Crippen molar-refractivity contribution in [2.24, 2.45) is 0 Å². The summed E-state index contributed by atoms with van der Waals surface area (Å²) in [5.41, 5.74) is 6.08. The van der Waals surface area contributed by atoms with Crippen LogP contribution in [0.4, 0.5) is 18.9 Å². The third-order valence-corrected chi connectivity index (χ3v) is 4.65. The molecule has 1 aromatic carbocycles. The zero-order chi connectivity index (χ0) is 15.6. The second-order valence-corrected chi connectivity index (χ2v) is 6.39. The molecule has 0 aliphatic heterocycles. The summed E-state index contributed by atoms with van der Waals surface area (Å²) >= 11 is 0. The van der Waals surface area contributed by atoms with Crippen LogP contribution < -0.4 is 5.73 Å². The van der Waals surface area contributed by atoms with Crippen LogP contribution >= 0.6 is 0 Å². The molecule has 8 heteroatoms. The van der Waals surface area contributed by atoms with E-state index in [9.17, 15) is 21.6 Å². The molecular weight excluding hydrogens is 293 g/mol. The molecule has 0 aliphatic carbocycles. The van der Waals surface area contributed by atoms with Crippen LogP contribution in [0.5, 0.6) is 0 Å². The highest BCUT2D eigenvalue weighted by molar-refractivity contribution is 7.89. The Morgan fingerprint density at radius 2 is 1.90 bits per heavy atom. The monoisotopic (exact) mass is 310 g/mol. The van der Waals surface area contributed by atoms with Gasteiger partial charge in [-0.1, -0.05) is 13.0 Å². The third-order valence-electron chi connectivity index (χ3n) is 2.66. The summed E-state index contributed by atoms with van der Waals surface area (Å²) in [6, 6.07) is 4.16. The predicted octanol–water partition coefficient (Wildman–Crippen LogP) is 2.54. The van der Waals surface area contributed by atoms with Crippen LogP contribution in [0.2, 0.25) is 0 Å². The number of hydrogen-bond donors (Lipinski definition) is 1. The number of nitrogens with zero attached hydrogens (tertiary/aromatic N) is 1. The lowest BCUT2D eigenvalue weighted by Gasteiger charge is -2.23. The summed E-state index contributed by atoms with van der Waals surface area (Å²) in [6.45, 7) is 1.43. The van der Waals surface area contributed by atoms with Gasteiger partial charge in [0.1, 0.15) is 6.54 Å². The van der Waals surface area contributed by atoms with Gasteiger partial charge < -0.3 is 5.73 Å². The van der Waals surface area contributed by atoms with Crippen LogP contribution in [0, 0.1) is 6.92 Å². The van der Waals surface area contributed by atoms with E-state index in [1.807, 2.05) is 0 Å². The zero-order valence-electron chi connectivity index (χ0n) is 11.2. The maximum absolute atomic E-state index is 12.5. The van der Waals surface area contributed by atoms with Crippen molar-refractivity contribution in [1.82, 2.24) is 4.31 Å². The highest BCUT2D eigenvalue weighted by atomic mass is 32.2. The smallest absolute Gasteiger partial charge is 0.399 e. The van der Waals surface area contributed by atoms with E-state index in [1.54, 1.807) is 6.92 Å². The first kappa shape index (κ1) is 16.8. The number of halogens is 3. The Balaban J connectivity index is 3.26. The number of hydrogen-bond acceptors (Lipinski definition) is 3. The maximum atomic E-state index is 12.5. The average molecular weight is 310 g/mol. The second kappa shape index (κ2) is 6.01. The van der Waals surface area contributed by atoms with Gasteiger partial charge in [0.2, 0.25) is 10.0 Å². The molecule has 0 aliphatic rings. The van der Waals surface area contributed by atoms with Crippen molar-refractivity contribution < 1.29 is 21.6 Å². The van der Waals surface area contributed by atoms with E-state index in [0.717, 1.165) is 0 Å². The maximum Gasteiger partial charge on any atom is 0.402 e. The van der Waals surface area contributed by atoms with Gasteiger partial charge >= 0.3 is 6.18 Å². The molecule has 0 saturated heterocycles. The van der Waals surface area contributed by atoms with Crippen LogP contribution in [0.15, 0.2) is 23.1 Å². The molecule has 0 amide bonds. The summed E-state index contributed by atoms with van der Waals surface area (Å²) in [7, 11) is -4.22. The van der Waals surface area contributed by atoms with Gasteiger partial charge in [0.05, 0.1) is 4.90 Å². The molecule has 0 atom stereocenters. The summed E-state index contributed by atoms with van der Waals surface area (Å²) in [5.74, 6) is 0. The number of anilines is 1. The molecule has 0 bridgehead atoms. The normalized spacial score (nSPS) is 12.9. The van der Waals surface area contributed by atoms with E-state index in [2.05, 4.69) is 0 Å². The van der Waals surface area contributed by atoms with Crippen LogP contribution in [-0.2, 0) is 10.0 Å². The van der Waals surface area contributed by atoms with Gasteiger partial charge in [-0.3, -0.25) is 0 Å². The van der Waals surface area contributed by atoms with Gasteiger partial charge in [0, 0.05) is 12.2 Å². The van der Waals surface area contributed by atoms with E-state index in [1.165, 1.54) is 25.1 Å². The Kier molecular flexibility index (Phi) is 5.04. The first-order chi connectivity index (χ1) is 9.08. The Bertz CT molecular complexity index is 571. The summed E-state index contributed by atoms with van der Waals surface area (Å²) in [5, 5.41) is 0. The minimum atomic E-state index is -4.59. The molecule has 4 nitrogen and oxygen atoms in total. The minimum absolute atomic E-state index is 0.185. The first-order valence-electron chi connectivity index (χ1n) is 6.01. The number of nitrogens with two attached hydrogens (primary N) is 1. The highest BCUT2D eigenvalue weighted by Crippen LogP contribution is 2.26. The average Bonchev–Trinajstić information content (AvgIpc) is 2.30. The van der Waals surface area contributed by atoms with Gasteiger partial charge in [-0.05, 0) is 31.0 Å². The fourth-order valence-corrected chi connectivity index (χ4v) is 3.54. The molecule has 0 radical (unpaired) electrons. The molecule has 114 valence electrons. The van der Waals surface area contributed by atoms with Gasteiger partial charge in [0.25, 0.3) is 0 Å².